The Morgan fingerprint density at radius 1 is 0.958 bits per heavy atom. The molecule has 0 atom stereocenters. The van der Waals surface area contributed by atoms with Crippen LogP contribution in [0.25, 0.3) is 0 Å². The highest BCUT2D eigenvalue weighted by molar-refractivity contribution is 6.08. The van der Waals surface area contributed by atoms with Crippen LogP contribution in [0.5, 0.6) is 5.75 Å². The summed E-state index contributed by atoms with van der Waals surface area (Å²) in [5.41, 5.74) is -1.10. The van der Waals surface area contributed by atoms with E-state index in [2.05, 4.69) is 10.1 Å². The monoisotopic (exact) mass is 342 g/mol. The highest BCUT2D eigenvalue weighted by atomic mass is 19.3. The van der Waals surface area contributed by atoms with Gasteiger partial charge in [-0.3, -0.25) is 10.1 Å². The fraction of sp³-hybridized carbons (Fsp3) is 0.0667. The molecule has 0 radical (unpaired) electrons. The van der Waals surface area contributed by atoms with Gasteiger partial charge in [0.2, 0.25) is 0 Å². The number of carbonyl (C=O) groups is 2. The molecule has 3 amide bonds. The number of hydrogen-bond acceptors (Lipinski definition) is 3. The second kappa shape index (κ2) is 7.44. The van der Waals surface area contributed by atoms with Crippen molar-refractivity contribution in [1.29, 1.82) is 0 Å². The number of rotatable bonds is 4. The Labute approximate surface area is 133 Å². The van der Waals surface area contributed by atoms with Crippen molar-refractivity contribution in [3.63, 3.8) is 0 Å². The second-order valence-corrected chi connectivity index (χ2v) is 4.38. The van der Waals surface area contributed by atoms with Crippen LogP contribution in [0.15, 0.2) is 42.5 Å². The molecule has 0 aliphatic rings. The van der Waals surface area contributed by atoms with Crippen molar-refractivity contribution in [2.24, 2.45) is 0 Å². The minimum absolute atomic E-state index is 0.155. The summed E-state index contributed by atoms with van der Waals surface area (Å²) < 4.78 is 55.6. The number of urea groups is 1. The van der Waals surface area contributed by atoms with Crippen LogP contribution in [0.2, 0.25) is 0 Å². The Kier molecular flexibility index (Phi) is 5.35. The number of hydrogen-bond donors (Lipinski definition) is 2. The minimum Gasteiger partial charge on any atom is -0.433 e. The molecular formula is C15H10F4N2O3. The SMILES string of the molecule is O=C(NC(=O)c1c(F)cccc1F)Nc1ccccc1OC(F)F. The van der Waals surface area contributed by atoms with Gasteiger partial charge in [-0.1, -0.05) is 18.2 Å². The van der Waals surface area contributed by atoms with E-state index in [4.69, 9.17) is 0 Å². The van der Waals surface area contributed by atoms with Crippen molar-refractivity contribution < 1.29 is 31.9 Å². The molecule has 0 unspecified atom stereocenters. The van der Waals surface area contributed by atoms with Gasteiger partial charge in [0.05, 0.1) is 5.69 Å². The highest BCUT2D eigenvalue weighted by Crippen LogP contribution is 2.25. The van der Waals surface area contributed by atoms with Crippen LogP contribution in [-0.2, 0) is 0 Å². The van der Waals surface area contributed by atoms with Gasteiger partial charge in [-0.05, 0) is 24.3 Å². The molecule has 2 rings (SSSR count). The average molecular weight is 342 g/mol. The summed E-state index contributed by atoms with van der Waals surface area (Å²) in [7, 11) is 0. The third-order valence-corrected chi connectivity index (χ3v) is 2.77. The summed E-state index contributed by atoms with van der Waals surface area (Å²) in [5.74, 6) is -3.97. The van der Waals surface area contributed by atoms with Gasteiger partial charge in [0.25, 0.3) is 5.91 Å². The van der Waals surface area contributed by atoms with Gasteiger partial charge in [0.1, 0.15) is 22.9 Å². The zero-order chi connectivity index (χ0) is 17.7. The summed E-state index contributed by atoms with van der Waals surface area (Å²) in [4.78, 5) is 23.5. The first-order valence-electron chi connectivity index (χ1n) is 6.48. The first-order chi connectivity index (χ1) is 11.4. The van der Waals surface area contributed by atoms with Gasteiger partial charge in [-0.15, -0.1) is 0 Å². The minimum atomic E-state index is -3.12. The highest BCUT2D eigenvalue weighted by Gasteiger charge is 2.20. The van der Waals surface area contributed by atoms with Crippen molar-refractivity contribution in [2.45, 2.75) is 6.61 Å². The van der Waals surface area contributed by atoms with Crippen LogP contribution in [-0.4, -0.2) is 18.5 Å². The van der Waals surface area contributed by atoms with Crippen molar-refractivity contribution in [3.05, 3.63) is 59.7 Å². The summed E-state index contributed by atoms with van der Waals surface area (Å²) in [5, 5.41) is 3.78. The van der Waals surface area contributed by atoms with Crippen LogP contribution in [0.4, 0.5) is 28.0 Å². The predicted molar refractivity (Wildman–Crippen MR) is 75.9 cm³/mol. The molecule has 0 aliphatic carbocycles. The fourth-order valence-corrected chi connectivity index (χ4v) is 1.80. The number of halogens is 4. The van der Waals surface area contributed by atoms with E-state index in [1.54, 1.807) is 5.32 Å². The summed E-state index contributed by atoms with van der Waals surface area (Å²) in [6, 6.07) is 6.80. The third kappa shape index (κ3) is 4.22. The lowest BCUT2D eigenvalue weighted by molar-refractivity contribution is -0.0493. The molecule has 126 valence electrons. The number of imide groups is 1. The third-order valence-electron chi connectivity index (χ3n) is 2.77. The topological polar surface area (TPSA) is 67.4 Å². The van der Waals surface area contributed by atoms with E-state index in [9.17, 15) is 27.2 Å². The van der Waals surface area contributed by atoms with Gasteiger partial charge < -0.3 is 10.1 Å². The summed E-state index contributed by atoms with van der Waals surface area (Å²) in [6.45, 7) is -3.12. The lowest BCUT2D eigenvalue weighted by Gasteiger charge is -2.12. The number of ether oxygens (including phenoxy) is 1. The number of nitrogens with one attached hydrogen (secondary N) is 2. The Morgan fingerprint density at radius 3 is 2.21 bits per heavy atom. The molecule has 0 saturated heterocycles. The molecule has 2 aromatic rings. The molecule has 9 heteroatoms. The van der Waals surface area contributed by atoms with Crippen molar-refractivity contribution in [3.8, 4) is 5.75 Å². The van der Waals surface area contributed by atoms with Gasteiger partial charge in [0, 0.05) is 0 Å². The van der Waals surface area contributed by atoms with Crippen LogP contribution >= 0.6 is 0 Å². The van der Waals surface area contributed by atoms with E-state index >= 15 is 0 Å². The number of anilines is 1. The molecular weight excluding hydrogens is 332 g/mol. The number of carbonyl (C=O) groups excluding carboxylic acids is 2. The zero-order valence-corrected chi connectivity index (χ0v) is 11.9. The first kappa shape index (κ1) is 17.3. The van der Waals surface area contributed by atoms with Crippen LogP contribution < -0.4 is 15.4 Å². The molecule has 0 fully saturated rings. The Bertz CT molecular complexity index is 748. The molecule has 0 saturated carbocycles. The molecule has 0 spiro atoms. The van der Waals surface area contributed by atoms with Crippen molar-refractivity contribution >= 4 is 17.6 Å². The number of alkyl halides is 2. The van der Waals surface area contributed by atoms with Gasteiger partial charge in [0.15, 0.2) is 0 Å². The smallest absolute Gasteiger partial charge is 0.387 e. The van der Waals surface area contributed by atoms with E-state index in [1.165, 1.54) is 24.3 Å². The quantitative estimate of drug-likeness (QED) is 0.836. The molecule has 0 bridgehead atoms. The maximum atomic E-state index is 13.4. The molecule has 0 heterocycles. The molecule has 5 nitrogen and oxygen atoms in total. The van der Waals surface area contributed by atoms with E-state index in [1.807, 2.05) is 0 Å². The van der Waals surface area contributed by atoms with Crippen LogP contribution in [0, 0.1) is 11.6 Å². The van der Waals surface area contributed by atoms with Gasteiger partial charge in [-0.25, -0.2) is 13.6 Å². The van der Waals surface area contributed by atoms with E-state index in [-0.39, 0.29) is 11.4 Å². The Balaban J connectivity index is 2.10. The van der Waals surface area contributed by atoms with Crippen molar-refractivity contribution in [1.82, 2.24) is 5.32 Å². The van der Waals surface area contributed by atoms with E-state index < -0.39 is 35.7 Å². The summed E-state index contributed by atoms with van der Waals surface area (Å²) >= 11 is 0. The number of para-hydroxylation sites is 2. The standard InChI is InChI=1S/C15H10F4N2O3/c16-8-4-3-5-9(17)12(8)13(22)21-15(23)20-10-6-1-2-7-11(10)24-14(18)19/h1-7,14H,(H2,20,21,22,23). The largest absolute Gasteiger partial charge is 0.433 e. The van der Waals surface area contributed by atoms with Crippen LogP contribution in [0.3, 0.4) is 0 Å². The van der Waals surface area contributed by atoms with Crippen LogP contribution in [0.1, 0.15) is 10.4 Å². The first-order valence-corrected chi connectivity index (χ1v) is 6.48. The lowest BCUT2D eigenvalue weighted by Crippen LogP contribution is -2.35. The molecule has 24 heavy (non-hydrogen) atoms. The average Bonchev–Trinajstić information content (AvgIpc) is 2.48. The molecule has 2 aromatic carbocycles. The van der Waals surface area contributed by atoms with Gasteiger partial charge in [-0.2, -0.15) is 8.78 Å². The summed E-state index contributed by atoms with van der Waals surface area (Å²) in [6.07, 6.45) is 0. The fourth-order valence-electron chi connectivity index (χ4n) is 1.80. The predicted octanol–water partition coefficient (Wildman–Crippen LogP) is 3.53. The molecule has 2 N–H and O–H groups in total. The lowest BCUT2D eigenvalue weighted by atomic mass is 10.2. The number of benzene rings is 2. The maximum Gasteiger partial charge on any atom is 0.387 e. The van der Waals surface area contributed by atoms with Crippen molar-refractivity contribution in [2.75, 3.05) is 5.32 Å². The van der Waals surface area contributed by atoms with Gasteiger partial charge >= 0.3 is 12.6 Å². The normalized spacial score (nSPS) is 10.4. The Hall–Kier alpha value is -3.10. The second-order valence-electron chi connectivity index (χ2n) is 4.38. The molecule has 0 aliphatic heterocycles. The molecule has 0 aromatic heterocycles. The van der Waals surface area contributed by atoms with E-state index in [0.717, 1.165) is 18.2 Å². The maximum absolute atomic E-state index is 13.4. The Morgan fingerprint density at radius 2 is 1.58 bits per heavy atom. The zero-order valence-electron chi connectivity index (χ0n) is 11.9. The van der Waals surface area contributed by atoms with E-state index in [0.29, 0.717) is 0 Å². The number of amides is 3.